The van der Waals surface area contributed by atoms with E-state index in [1.807, 2.05) is 0 Å². The lowest BCUT2D eigenvalue weighted by atomic mass is 9.99. The van der Waals surface area contributed by atoms with Gasteiger partial charge in [-0.2, -0.15) is 0 Å². The predicted octanol–water partition coefficient (Wildman–Crippen LogP) is 2.52. The van der Waals surface area contributed by atoms with E-state index in [-0.39, 0.29) is 6.04 Å². The van der Waals surface area contributed by atoms with Gasteiger partial charge in [0, 0.05) is 23.9 Å². The zero-order chi connectivity index (χ0) is 12.1. The van der Waals surface area contributed by atoms with Crippen LogP contribution in [0, 0.1) is 5.92 Å². The highest BCUT2D eigenvalue weighted by Crippen LogP contribution is 2.13. The van der Waals surface area contributed by atoms with Crippen molar-refractivity contribution in [1.29, 1.82) is 0 Å². The Morgan fingerprint density at radius 3 is 2.44 bits per heavy atom. The molecular formula is C13H23N3. The topological polar surface area (TPSA) is 51.8 Å². The Kier molecular flexibility index (Phi) is 4.87. The Bertz CT molecular complexity index is 321. The van der Waals surface area contributed by atoms with E-state index in [1.54, 1.807) is 6.33 Å². The molecule has 0 fully saturated rings. The Morgan fingerprint density at radius 2 is 1.88 bits per heavy atom. The summed E-state index contributed by atoms with van der Waals surface area (Å²) in [5.41, 5.74) is 8.23. The maximum atomic E-state index is 6.07. The second-order valence-electron chi connectivity index (χ2n) is 5.18. The number of hydrogen-bond acceptors (Lipinski definition) is 3. The molecule has 3 heteroatoms. The number of hydrogen-bond donors (Lipinski definition) is 1. The van der Waals surface area contributed by atoms with Gasteiger partial charge < -0.3 is 5.73 Å². The van der Waals surface area contributed by atoms with Crippen LogP contribution in [0.5, 0.6) is 0 Å². The molecule has 0 aromatic carbocycles. The smallest absolute Gasteiger partial charge is 0.115 e. The first-order valence-electron chi connectivity index (χ1n) is 6.05. The molecule has 1 aromatic rings. The standard InChI is InChI=1S/C13H23N3/c1-9(2)5-11(14)6-12-7-13(10(3)4)16-8-15-12/h7-11H,5-6,14H2,1-4H3. The van der Waals surface area contributed by atoms with Gasteiger partial charge in [-0.05, 0) is 24.3 Å². The van der Waals surface area contributed by atoms with Gasteiger partial charge in [-0.3, -0.25) is 0 Å². The second kappa shape index (κ2) is 5.94. The number of nitrogens with two attached hydrogens (primary N) is 1. The highest BCUT2D eigenvalue weighted by molar-refractivity contribution is 5.12. The molecule has 0 amide bonds. The van der Waals surface area contributed by atoms with Crippen molar-refractivity contribution in [2.75, 3.05) is 0 Å². The maximum absolute atomic E-state index is 6.07. The highest BCUT2D eigenvalue weighted by atomic mass is 14.8. The third-order valence-electron chi connectivity index (χ3n) is 2.58. The minimum atomic E-state index is 0.204. The van der Waals surface area contributed by atoms with Crippen molar-refractivity contribution in [2.45, 2.75) is 52.5 Å². The van der Waals surface area contributed by atoms with E-state index in [1.165, 1.54) is 0 Å². The van der Waals surface area contributed by atoms with Crippen molar-refractivity contribution < 1.29 is 0 Å². The summed E-state index contributed by atoms with van der Waals surface area (Å²) in [4.78, 5) is 8.53. The van der Waals surface area contributed by atoms with Gasteiger partial charge in [0.15, 0.2) is 0 Å². The Morgan fingerprint density at radius 1 is 1.19 bits per heavy atom. The quantitative estimate of drug-likeness (QED) is 0.831. The van der Waals surface area contributed by atoms with Crippen molar-refractivity contribution in [1.82, 2.24) is 9.97 Å². The lowest BCUT2D eigenvalue weighted by Gasteiger charge is -2.14. The molecule has 1 atom stereocenters. The lowest BCUT2D eigenvalue weighted by Crippen LogP contribution is -2.25. The zero-order valence-electron chi connectivity index (χ0n) is 10.8. The normalized spacial score (nSPS) is 13.4. The average molecular weight is 221 g/mol. The monoisotopic (exact) mass is 221 g/mol. The molecule has 1 rings (SSSR count). The highest BCUT2D eigenvalue weighted by Gasteiger charge is 2.09. The van der Waals surface area contributed by atoms with Crippen molar-refractivity contribution in [3.05, 3.63) is 23.8 Å². The van der Waals surface area contributed by atoms with Crippen LogP contribution in [0.25, 0.3) is 0 Å². The van der Waals surface area contributed by atoms with Crippen molar-refractivity contribution >= 4 is 0 Å². The summed E-state index contributed by atoms with van der Waals surface area (Å²) in [5.74, 6) is 1.09. The van der Waals surface area contributed by atoms with Crippen LogP contribution in [0.3, 0.4) is 0 Å². The first-order valence-corrected chi connectivity index (χ1v) is 6.05. The molecule has 1 heterocycles. The second-order valence-corrected chi connectivity index (χ2v) is 5.18. The van der Waals surface area contributed by atoms with Gasteiger partial charge in [0.1, 0.15) is 6.33 Å². The SMILES string of the molecule is CC(C)CC(N)Cc1cc(C(C)C)ncn1. The van der Waals surface area contributed by atoms with Gasteiger partial charge in [0.25, 0.3) is 0 Å². The molecule has 0 aliphatic rings. The zero-order valence-corrected chi connectivity index (χ0v) is 10.8. The minimum Gasteiger partial charge on any atom is -0.327 e. The maximum Gasteiger partial charge on any atom is 0.115 e. The van der Waals surface area contributed by atoms with Crippen LogP contribution in [0.1, 0.15) is 51.4 Å². The lowest BCUT2D eigenvalue weighted by molar-refractivity contribution is 0.490. The molecule has 0 spiro atoms. The third-order valence-corrected chi connectivity index (χ3v) is 2.58. The fourth-order valence-electron chi connectivity index (χ4n) is 1.80. The van der Waals surface area contributed by atoms with Crippen LogP contribution in [0.4, 0.5) is 0 Å². The third kappa shape index (κ3) is 4.27. The fourth-order valence-corrected chi connectivity index (χ4v) is 1.80. The van der Waals surface area contributed by atoms with E-state index < -0.39 is 0 Å². The predicted molar refractivity (Wildman–Crippen MR) is 67.3 cm³/mol. The fraction of sp³-hybridized carbons (Fsp3) is 0.692. The van der Waals surface area contributed by atoms with Crippen LogP contribution in [0.15, 0.2) is 12.4 Å². The van der Waals surface area contributed by atoms with Gasteiger partial charge in [-0.1, -0.05) is 27.7 Å². The van der Waals surface area contributed by atoms with E-state index in [0.29, 0.717) is 11.8 Å². The molecule has 1 unspecified atom stereocenters. The van der Waals surface area contributed by atoms with Crippen LogP contribution < -0.4 is 5.73 Å². The van der Waals surface area contributed by atoms with Crippen LogP contribution >= 0.6 is 0 Å². The van der Waals surface area contributed by atoms with E-state index in [0.717, 1.165) is 24.2 Å². The summed E-state index contributed by atoms with van der Waals surface area (Å²) in [5, 5.41) is 0. The molecule has 2 N–H and O–H groups in total. The molecule has 0 bridgehead atoms. The van der Waals surface area contributed by atoms with Crippen LogP contribution in [-0.4, -0.2) is 16.0 Å². The molecule has 0 aliphatic heterocycles. The minimum absolute atomic E-state index is 0.204. The summed E-state index contributed by atoms with van der Waals surface area (Å²) in [6.07, 6.45) is 3.54. The van der Waals surface area contributed by atoms with E-state index in [2.05, 4.69) is 43.7 Å². The average Bonchev–Trinajstić information content (AvgIpc) is 2.16. The molecule has 0 aliphatic carbocycles. The Balaban J connectivity index is 2.63. The molecule has 3 nitrogen and oxygen atoms in total. The molecule has 16 heavy (non-hydrogen) atoms. The summed E-state index contributed by atoms with van der Waals surface area (Å²) < 4.78 is 0. The van der Waals surface area contributed by atoms with E-state index >= 15 is 0 Å². The van der Waals surface area contributed by atoms with E-state index in [4.69, 9.17) is 5.73 Å². The molecule has 90 valence electrons. The summed E-state index contributed by atoms with van der Waals surface area (Å²) >= 11 is 0. The molecular weight excluding hydrogens is 198 g/mol. The number of aromatic nitrogens is 2. The Labute approximate surface area is 98.5 Å². The van der Waals surface area contributed by atoms with Crippen molar-refractivity contribution in [3.63, 3.8) is 0 Å². The largest absolute Gasteiger partial charge is 0.327 e. The molecule has 0 saturated carbocycles. The van der Waals surface area contributed by atoms with Gasteiger partial charge in [0.05, 0.1) is 0 Å². The van der Waals surface area contributed by atoms with Gasteiger partial charge in [-0.15, -0.1) is 0 Å². The van der Waals surface area contributed by atoms with Gasteiger partial charge >= 0.3 is 0 Å². The van der Waals surface area contributed by atoms with Crippen molar-refractivity contribution in [2.24, 2.45) is 11.7 Å². The van der Waals surface area contributed by atoms with Crippen LogP contribution in [0.2, 0.25) is 0 Å². The van der Waals surface area contributed by atoms with Gasteiger partial charge in [0.2, 0.25) is 0 Å². The first-order chi connectivity index (χ1) is 7.49. The van der Waals surface area contributed by atoms with Crippen LogP contribution in [-0.2, 0) is 6.42 Å². The summed E-state index contributed by atoms with van der Waals surface area (Å²) in [6.45, 7) is 8.67. The number of nitrogens with zero attached hydrogens (tertiary/aromatic N) is 2. The summed E-state index contributed by atoms with van der Waals surface area (Å²) in [7, 11) is 0. The Hall–Kier alpha value is -0.960. The molecule has 0 radical (unpaired) electrons. The van der Waals surface area contributed by atoms with Gasteiger partial charge in [-0.25, -0.2) is 9.97 Å². The molecule has 0 saturated heterocycles. The molecule has 1 aromatic heterocycles. The number of rotatable bonds is 5. The van der Waals surface area contributed by atoms with E-state index in [9.17, 15) is 0 Å². The summed E-state index contributed by atoms with van der Waals surface area (Å²) in [6, 6.07) is 2.28. The first kappa shape index (κ1) is 13.1. The van der Waals surface area contributed by atoms with Crippen molar-refractivity contribution in [3.8, 4) is 0 Å².